The van der Waals surface area contributed by atoms with Crippen LogP contribution < -0.4 is 5.73 Å². The summed E-state index contributed by atoms with van der Waals surface area (Å²) in [5.74, 6) is 0. The average Bonchev–Trinajstić information content (AvgIpc) is 2.92. The second kappa shape index (κ2) is 6.80. The Morgan fingerprint density at radius 1 is 1.37 bits per heavy atom. The molecular formula is C15H21N3S. The van der Waals surface area contributed by atoms with Gasteiger partial charge in [0.25, 0.3) is 0 Å². The third-order valence-electron chi connectivity index (χ3n) is 3.37. The molecule has 0 saturated heterocycles. The highest BCUT2D eigenvalue weighted by molar-refractivity contribution is 7.09. The van der Waals surface area contributed by atoms with Crippen LogP contribution in [0.3, 0.4) is 0 Å². The molecule has 0 saturated carbocycles. The van der Waals surface area contributed by atoms with Crippen LogP contribution in [0, 0.1) is 6.92 Å². The van der Waals surface area contributed by atoms with Gasteiger partial charge in [-0.3, -0.25) is 9.88 Å². The van der Waals surface area contributed by atoms with E-state index in [4.69, 9.17) is 5.73 Å². The molecule has 0 amide bonds. The molecule has 2 aromatic rings. The van der Waals surface area contributed by atoms with Gasteiger partial charge in [0.15, 0.2) is 0 Å². The fourth-order valence-electron chi connectivity index (χ4n) is 2.14. The van der Waals surface area contributed by atoms with Gasteiger partial charge in [-0.05, 0) is 43.5 Å². The Morgan fingerprint density at radius 3 is 2.79 bits per heavy atom. The average molecular weight is 275 g/mol. The summed E-state index contributed by atoms with van der Waals surface area (Å²) in [5.41, 5.74) is 8.16. The first kappa shape index (κ1) is 14.2. The third kappa shape index (κ3) is 3.86. The first-order valence-corrected chi connectivity index (χ1v) is 7.44. The minimum atomic E-state index is 0.244. The van der Waals surface area contributed by atoms with E-state index < -0.39 is 0 Å². The Hall–Kier alpha value is -1.23. The number of likely N-dealkylation sites (N-methyl/N-ethyl adjacent to an activating group) is 1. The van der Waals surface area contributed by atoms with E-state index in [0.717, 1.165) is 18.7 Å². The SMILES string of the molecule is Cc1ccc(C(CN)N(C)CCc2cccs2)cn1. The number of hydrogen-bond acceptors (Lipinski definition) is 4. The van der Waals surface area contributed by atoms with E-state index >= 15 is 0 Å². The zero-order valence-corrected chi connectivity index (χ0v) is 12.4. The summed E-state index contributed by atoms with van der Waals surface area (Å²) in [6, 6.07) is 8.70. The van der Waals surface area contributed by atoms with Crippen LogP contribution >= 0.6 is 11.3 Å². The van der Waals surface area contributed by atoms with Crippen LogP contribution in [-0.2, 0) is 6.42 Å². The summed E-state index contributed by atoms with van der Waals surface area (Å²) in [5, 5.41) is 2.12. The van der Waals surface area contributed by atoms with E-state index in [-0.39, 0.29) is 6.04 Å². The van der Waals surface area contributed by atoms with Crippen molar-refractivity contribution in [3.05, 3.63) is 52.0 Å². The lowest BCUT2D eigenvalue weighted by atomic mass is 10.1. The molecule has 1 unspecified atom stereocenters. The zero-order chi connectivity index (χ0) is 13.7. The molecule has 0 bridgehead atoms. The number of aryl methyl sites for hydroxylation is 1. The molecule has 2 rings (SSSR count). The zero-order valence-electron chi connectivity index (χ0n) is 11.5. The maximum Gasteiger partial charge on any atom is 0.0482 e. The van der Waals surface area contributed by atoms with Crippen molar-refractivity contribution < 1.29 is 0 Å². The molecule has 0 radical (unpaired) electrons. The van der Waals surface area contributed by atoms with Crippen molar-refractivity contribution in [2.24, 2.45) is 5.73 Å². The van der Waals surface area contributed by atoms with E-state index in [1.165, 1.54) is 10.4 Å². The number of nitrogens with two attached hydrogens (primary N) is 1. The van der Waals surface area contributed by atoms with Crippen molar-refractivity contribution in [3.63, 3.8) is 0 Å². The van der Waals surface area contributed by atoms with Crippen LogP contribution in [0.5, 0.6) is 0 Å². The van der Waals surface area contributed by atoms with Crippen LogP contribution in [0.1, 0.15) is 22.2 Å². The quantitative estimate of drug-likeness (QED) is 0.881. The Morgan fingerprint density at radius 2 is 2.21 bits per heavy atom. The minimum Gasteiger partial charge on any atom is -0.329 e. The summed E-state index contributed by atoms with van der Waals surface area (Å²) in [6.07, 6.45) is 3.01. The predicted molar refractivity (Wildman–Crippen MR) is 81.4 cm³/mol. The van der Waals surface area contributed by atoms with Crippen LogP contribution in [-0.4, -0.2) is 30.0 Å². The molecule has 2 N–H and O–H groups in total. The van der Waals surface area contributed by atoms with Gasteiger partial charge in [-0.25, -0.2) is 0 Å². The second-order valence-corrected chi connectivity index (χ2v) is 5.83. The first-order valence-electron chi connectivity index (χ1n) is 6.56. The minimum absolute atomic E-state index is 0.244. The molecule has 1 atom stereocenters. The monoisotopic (exact) mass is 275 g/mol. The van der Waals surface area contributed by atoms with Gasteiger partial charge in [0.2, 0.25) is 0 Å². The van der Waals surface area contributed by atoms with Crippen LogP contribution in [0.15, 0.2) is 35.8 Å². The van der Waals surface area contributed by atoms with E-state index in [1.807, 2.05) is 30.5 Å². The van der Waals surface area contributed by atoms with E-state index in [1.54, 1.807) is 0 Å². The molecule has 2 aromatic heterocycles. The lowest BCUT2D eigenvalue weighted by Crippen LogP contribution is -2.32. The molecule has 102 valence electrons. The third-order valence-corrected chi connectivity index (χ3v) is 4.30. The summed E-state index contributed by atoms with van der Waals surface area (Å²) in [6.45, 7) is 3.63. The highest BCUT2D eigenvalue weighted by atomic mass is 32.1. The van der Waals surface area contributed by atoms with Gasteiger partial charge in [-0.1, -0.05) is 12.1 Å². The molecular weight excluding hydrogens is 254 g/mol. The molecule has 19 heavy (non-hydrogen) atoms. The topological polar surface area (TPSA) is 42.1 Å². The van der Waals surface area contributed by atoms with Crippen LogP contribution in [0.4, 0.5) is 0 Å². The molecule has 3 nitrogen and oxygen atoms in total. The van der Waals surface area contributed by atoms with Crippen molar-refractivity contribution >= 4 is 11.3 Å². The van der Waals surface area contributed by atoms with Gasteiger partial charge < -0.3 is 5.73 Å². The van der Waals surface area contributed by atoms with E-state index in [9.17, 15) is 0 Å². The highest BCUT2D eigenvalue weighted by Crippen LogP contribution is 2.19. The largest absolute Gasteiger partial charge is 0.329 e. The van der Waals surface area contributed by atoms with Gasteiger partial charge in [0.05, 0.1) is 0 Å². The Kier molecular flexibility index (Phi) is 5.07. The predicted octanol–water partition coefficient (Wildman–Crippen LogP) is 2.63. The number of thiophene rings is 1. The molecule has 0 aliphatic heterocycles. The lowest BCUT2D eigenvalue weighted by Gasteiger charge is -2.27. The van der Waals surface area contributed by atoms with Crippen molar-refractivity contribution in [3.8, 4) is 0 Å². The molecule has 4 heteroatoms. The summed E-state index contributed by atoms with van der Waals surface area (Å²) < 4.78 is 0. The normalized spacial score (nSPS) is 12.8. The summed E-state index contributed by atoms with van der Waals surface area (Å²) in [7, 11) is 2.13. The second-order valence-electron chi connectivity index (χ2n) is 4.79. The van der Waals surface area contributed by atoms with Crippen LogP contribution in [0.25, 0.3) is 0 Å². The van der Waals surface area contributed by atoms with Gasteiger partial charge in [0, 0.05) is 35.9 Å². The number of nitrogens with zero attached hydrogens (tertiary/aromatic N) is 2. The number of aromatic nitrogens is 1. The highest BCUT2D eigenvalue weighted by Gasteiger charge is 2.15. The number of rotatable bonds is 6. The summed E-state index contributed by atoms with van der Waals surface area (Å²) >= 11 is 1.81. The Bertz CT molecular complexity index is 479. The van der Waals surface area contributed by atoms with Gasteiger partial charge in [-0.2, -0.15) is 0 Å². The fraction of sp³-hybridized carbons (Fsp3) is 0.400. The van der Waals surface area contributed by atoms with Gasteiger partial charge in [0.1, 0.15) is 0 Å². The maximum atomic E-state index is 5.93. The van der Waals surface area contributed by atoms with Crippen molar-refractivity contribution in [2.45, 2.75) is 19.4 Å². The van der Waals surface area contributed by atoms with Crippen molar-refractivity contribution in [2.75, 3.05) is 20.1 Å². The van der Waals surface area contributed by atoms with Gasteiger partial charge in [-0.15, -0.1) is 11.3 Å². The molecule has 0 fully saturated rings. The maximum absolute atomic E-state index is 5.93. The molecule has 0 aromatic carbocycles. The number of hydrogen-bond donors (Lipinski definition) is 1. The van der Waals surface area contributed by atoms with Crippen molar-refractivity contribution in [1.29, 1.82) is 0 Å². The Balaban J connectivity index is 1.98. The molecule has 2 heterocycles. The van der Waals surface area contributed by atoms with Crippen molar-refractivity contribution in [1.82, 2.24) is 9.88 Å². The van der Waals surface area contributed by atoms with E-state index in [2.05, 4.69) is 40.5 Å². The molecule has 0 aliphatic carbocycles. The standard InChI is InChI=1S/C15H21N3S/c1-12-5-6-13(11-17-12)15(10-16)18(2)8-7-14-4-3-9-19-14/h3-6,9,11,15H,7-8,10,16H2,1-2H3. The smallest absolute Gasteiger partial charge is 0.0482 e. The van der Waals surface area contributed by atoms with Gasteiger partial charge >= 0.3 is 0 Å². The molecule has 0 spiro atoms. The number of pyridine rings is 1. The first-order chi connectivity index (χ1) is 9.20. The van der Waals surface area contributed by atoms with Crippen LogP contribution in [0.2, 0.25) is 0 Å². The summed E-state index contributed by atoms with van der Waals surface area (Å²) in [4.78, 5) is 8.09. The van der Waals surface area contributed by atoms with E-state index in [0.29, 0.717) is 6.54 Å². The lowest BCUT2D eigenvalue weighted by molar-refractivity contribution is 0.253. The Labute approximate surface area is 119 Å². The molecule has 0 aliphatic rings. The fourth-order valence-corrected chi connectivity index (χ4v) is 2.84.